The minimum absolute atomic E-state index is 0.0445. The third kappa shape index (κ3) is 4.44. The molecule has 0 fully saturated rings. The van der Waals surface area contributed by atoms with E-state index in [1.54, 1.807) is 17.7 Å². The van der Waals surface area contributed by atoms with Crippen molar-refractivity contribution in [1.82, 2.24) is 19.5 Å². The molecule has 3 heterocycles. The molecule has 9 nitrogen and oxygen atoms in total. The van der Waals surface area contributed by atoms with Crippen LogP contribution in [0.25, 0.3) is 27.7 Å². The molecule has 0 saturated carbocycles. The number of nitriles is 1. The highest BCUT2D eigenvalue weighted by atomic mass is 16.5. The molecule has 0 amide bonds. The zero-order valence-corrected chi connectivity index (χ0v) is 20.2. The van der Waals surface area contributed by atoms with Gasteiger partial charge in [-0.05, 0) is 36.6 Å². The van der Waals surface area contributed by atoms with E-state index < -0.39 is 6.04 Å². The number of nitrogens with two attached hydrogens (primary N) is 1. The van der Waals surface area contributed by atoms with Gasteiger partial charge in [0.25, 0.3) is 5.56 Å². The van der Waals surface area contributed by atoms with Gasteiger partial charge in [-0.3, -0.25) is 9.36 Å². The van der Waals surface area contributed by atoms with Crippen LogP contribution in [-0.4, -0.2) is 26.6 Å². The highest BCUT2D eigenvalue weighted by Gasteiger charge is 2.20. The van der Waals surface area contributed by atoms with Crippen molar-refractivity contribution in [2.75, 3.05) is 18.2 Å². The molecule has 3 N–H and O–H groups in total. The molecular weight excluding hydrogens is 466 g/mol. The molecule has 0 bridgehead atoms. The molecule has 1 atom stereocenters. The van der Waals surface area contributed by atoms with E-state index in [0.717, 1.165) is 5.39 Å². The van der Waals surface area contributed by atoms with Crippen LogP contribution in [0.2, 0.25) is 0 Å². The quantitative estimate of drug-likeness (QED) is 0.357. The van der Waals surface area contributed by atoms with Crippen molar-refractivity contribution < 1.29 is 4.74 Å². The van der Waals surface area contributed by atoms with Gasteiger partial charge >= 0.3 is 0 Å². The topological polar surface area (TPSA) is 132 Å². The van der Waals surface area contributed by atoms with Crippen molar-refractivity contribution in [2.24, 2.45) is 0 Å². The Labute approximate surface area is 212 Å². The number of hydrogen-bond donors (Lipinski definition) is 2. The average Bonchev–Trinajstić information content (AvgIpc) is 2.93. The fourth-order valence-corrected chi connectivity index (χ4v) is 4.30. The zero-order chi connectivity index (χ0) is 25.9. The second-order valence-electron chi connectivity index (χ2n) is 8.35. The first-order valence-corrected chi connectivity index (χ1v) is 11.5. The summed E-state index contributed by atoms with van der Waals surface area (Å²) in [6, 6.07) is 24.1. The number of anilines is 2. The van der Waals surface area contributed by atoms with Crippen LogP contribution in [-0.2, 0) is 0 Å². The highest BCUT2D eigenvalue weighted by Crippen LogP contribution is 2.30. The molecule has 0 unspecified atom stereocenters. The number of aromatic nitrogens is 4. The van der Waals surface area contributed by atoms with E-state index >= 15 is 0 Å². The molecule has 0 radical (unpaired) electrons. The number of benzene rings is 2. The molecule has 5 aromatic rings. The Balaban J connectivity index is 1.74. The Bertz CT molecular complexity index is 1710. The molecule has 2 aromatic carbocycles. The predicted molar refractivity (Wildman–Crippen MR) is 143 cm³/mol. The smallest absolute Gasteiger partial charge is 0.263 e. The molecule has 3 aromatic heterocycles. The summed E-state index contributed by atoms with van der Waals surface area (Å²) in [5.41, 5.74) is 8.54. The van der Waals surface area contributed by atoms with Crippen LogP contribution in [0.15, 0.2) is 83.8 Å². The first-order valence-electron chi connectivity index (χ1n) is 11.5. The van der Waals surface area contributed by atoms with Crippen molar-refractivity contribution >= 4 is 22.5 Å². The molecule has 0 aliphatic carbocycles. The van der Waals surface area contributed by atoms with Gasteiger partial charge in [0.2, 0.25) is 11.8 Å². The summed E-state index contributed by atoms with van der Waals surface area (Å²) in [4.78, 5) is 26.9. The SMILES string of the molecule is COc1cccc(-c2cccc3cc([C@H](C)Nc4nc(N)ncc4C#N)n(-c4ccccc4)c(=O)c23)n1. The standard InChI is InChI=1S/C28H23N7O2/c1-17(32-26-19(15-29)16-31-28(30)34-26)23-14-18-8-6-11-21(22-12-7-13-24(33-22)37-2)25(18)27(36)35(23)20-9-4-3-5-10-20/h3-14,16-17H,1-2H3,(H3,30,31,32,34)/t17-/m0/s1. The number of methoxy groups -OCH3 is 1. The lowest BCUT2D eigenvalue weighted by Crippen LogP contribution is -2.26. The monoisotopic (exact) mass is 489 g/mol. The van der Waals surface area contributed by atoms with Crippen LogP contribution >= 0.6 is 0 Å². The van der Waals surface area contributed by atoms with Crippen molar-refractivity contribution in [3.63, 3.8) is 0 Å². The molecular formula is C28H23N7O2. The lowest BCUT2D eigenvalue weighted by atomic mass is 10.0. The van der Waals surface area contributed by atoms with Crippen molar-refractivity contribution in [2.45, 2.75) is 13.0 Å². The fourth-order valence-electron chi connectivity index (χ4n) is 4.30. The molecule has 0 aliphatic rings. The summed E-state index contributed by atoms with van der Waals surface area (Å²) in [5.74, 6) is 0.803. The van der Waals surface area contributed by atoms with Crippen molar-refractivity contribution in [1.29, 1.82) is 5.26 Å². The van der Waals surface area contributed by atoms with E-state index in [1.807, 2.05) is 73.7 Å². The minimum atomic E-state index is -0.419. The maximum atomic E-state index is 14.2. The summed E-state index contributed by atoms with van der Waals surface area (Å²) in [7, 11) is 1.56. The number of ether oxygens (including phenoxy) is 1. The molecule has 0 aliphatic heterocycles. The number of nitrogens with one attached hydrogen (secondary N) is 1. The van der Waals surface area contributed by atoms with Gasteiger partial charge in [0, 0.05) is 23.0 Å². The fraction of sp³-hybridized carbons (Fsp3) is 0.107. The lowest BCUT2D eigenvalue weighted by molar-refractivity contribution is 0.398. The Morgan fingerprint density at radius 1 is 1.05 bits per heavy atom. The summed E-state index contributed by atoms with van der Waals surface area (Å²) in [5, 5.41) is 14.0. The van der Waals surface area contributed by atoms with Gasteiger partial charge < -0.3 is 15.8 Å². The number of nitrogens with zero attached hydrogens (tertiary/aromatic N) is 5. The summed E-state index contributed by atoms with van der Waals surface area (Å²) >= 11 is 0. The highest BCUT2D eigenvalue weighted by molar-refractivity contribution is 5.95. The maximum Gasteiger partial charge on any atom is 0.263 e. The van der Waals surface area contributed by atoms with Gasteiger partial charge in [0.05, 0.1) is 30.4 Å². The molecule has 0 spiro atoms. The molecule has 9 heteroatoms. The zero-order valence-electron chi connectivity index (χ0n) is 20.2. The molecule has 182 valence electrons. The molecule has 0 saturated heterocycles. The third-order valence-corrected chi connectivity index (χ3v) is 6.02. The van der Waals surface area contributed by atoms with Crippen LogP contribution in [0, 0.1) is 11.3 Å². The number of para-hydroxylation sites is 1. The largest absolute Gasteiger partial charge is 0.481 e. The number of fused-ring (bicyclic) bond motifs is 1. The van der Waals surface area contributed by atoms with E-state index in [2.05, 4.69) is 26.3 Å². The molecule has 37 heavy (non-hydrogen) atoms. The summed E-state index contributed by atoms with van der Waals surface area (Å²) in [6.07, 6.45) is 1.37. The van der Waals surface area contributed by atoms with Gasteiger partial charge in [-0.15, -0.1) is 0 Å². The van der Waals surface area contributed by atoms with Crippen LogP contribution in [0.4, 0.5) is 11.8 Å². The van der Waals surface area contributed by atoms with Crippen molar-refractivity contribution in [3.05, 3.63) is 101 Å². The van der Waals surface area contributed by atoms with Gasteiger partial charge in [0.1, 0.15) is 17.5 Å². The minimum Gasteiger partial charge on any atom is -0.481 e. The third-order valence-electron chi connectivity index (χ3n) is 6.02. The second kappa shape index (κ2) is 9.79. The predicted octanol–water partition coefficient (Wildman–Crippen LogP) is 4.48. The first kappa shape index (κ1) is 23.5. The summed E-state index contributed by atoms with van der Waals surface area (Å²) < 4.78 is 6.97. The number of pyridine rings is 2. The Morgan fingerprint density at radius 3 is 2.59 bits per heavy atom. The van der Waals surface area contributed by atoms with Gasteiger partial charge in [-0.1, -0.05) is 42.5 Å². The second-order valence-corrected chi connectivity index (χ2v) is 8.35. The Morgan fingerprint density at radius 2 is 1.84 bits per heavy atom. The number of nitrogen functional groups attached to an aromatic ring is 1. The summed E-state index contributed by atoms with van der Waals surface area (Å²) in [6.45, 7) is 1.90. The first-order chi connectivity index (χ1) is 18.0. The molecule has 5 rings (SSSR count). The number of rotatable bonds is 6. The van der Waals surface area contributed by atoms with Crippen LogP contribution in [0.3, 0.4) is 0 Å². The van der Waals surface area contributed by atoms with Crippen molar-refractivity contribution in [3.8, 4) is 28.9 Å². The van der Waals surface area contributed by atoms with E-state index in [4.69, 9.17) is 10.5 Å². The van der Waals surface area contributed by atoms with Crippen LogP contribution < -0.4 is 21.3 Å². The number of hydrogen-bond acceptors (Lipinski definition) is 8. The van der Waals surface area contributed by atoms with Gasteiger partial charge in [0.15, 0.2) is 0 Å². The van der Waals surface area contributed by atoms with E-state index in [9.17, 15) is 10.1 Å². The van der Waals surface area contributed by atoms with Crippen LogP contribution in [0.1, 0.15) is 24.2 Å². The average molecular weight is 490 g/mol. The van der Waals surface area contributed by atoms with Gasteiger partial charge in [-0.25, -0.2) is 9.97 Å². The van der Waals surface area contributed by atoms with E-state index in [1.165, 1.54) is 6.20 Å². The lowest BCUT2D eigenvalue weighted by Gasteiger charge is -2.22. The maximum absolute atomic E-state index is 14.2. The van der Waals surface area contributed by atoms with E-state index in [-0.39, 0.29) is 17.1 Å². The van der Waals surface area contributed by atoms with Crippen LogP contribution in [0.5, 0.6) is 5.88 Å². The van der Waals surface area contributed by atoms with E-state index in [0.29, 0.717) is 39.7 Å². The Hall–Kier alpha value is -5.23. The van der Waals surface area contributed by atoms with Gasteiger partial charge in [-0.2, -0.15) is 10.2 Å². The normalized spacial score (nSPS) is 11.6. The Kier molecular flexibility index (Phi) is 6.22.